The van der Waals surface area contributed by atoms with Gasteiger partial charge >= 0.3 is 0 Å². The first kappa shape index (κ1) is 20.1. The Balaban J connectivity index is 1.87. The summed E-state index contributed by atoms with van der Waals surface area (Å²) in [7, 11) is 1.47. The van der Waals surface area contributed by atoms with Crippen LogP contribution in [0.1, 0.15) is 11.1 Å². The number of thiocarbonyl (C=S) groups is 1. The first-order valence-corrected chi connectivity index (χ1v) is 9.17. The lowest BCUT2D eigenvalue weighted by molar-refractivity contribution is -0.123. The van der Waals surface area contributed by atoms with Gasteiger partial charge in [0.05, 0.1) is 12.1 Å². The van der Waals surface area contributed by atoms with Crippen LogP contribution in [-0.2, 0) is 16.2 Å². The lowest BCUT2D eigenvalue weighted by Crippen LogP contribution is -2.51. The van der Waals surface area contributed by atoms with Gasteiger partial charge in [-0.1, -0.05) is 35.3 Å². The van der Waals surface area contributed by atoms with Crippen LogP contribution >= 0.6 is 35.4 Å². The van der Waals surface area contributed by atoms with Crippen LogP contribution in [0.15, 0.2) is 42.0 Å². The Morgan fingerprint density at radius 2 is 1.82 bits per heavy atom. The van der Waals surface area contributed by atoms with Crippen LogP contribution in [-0.4, -0.2) is 24.0 Å². The maximum absolute atomic E-state index is 12.0. The molecule has 0 bridgehead atoms. The number of hydrogen-bond donors (Lipinski definition) is 2. The standard InChI is InChI=1S/C19H14Cl2N2O4S/c1-26-15-8-11(6-13-17(24)22-19(28)23-18(13)25)7-14(21)16(15)27-9-10-3-2-4-12(20)5-10/h2-8H,9H2,1H3,(H2,22,23,24,25,28). The van der Waals surface area contributed by atoms with E-state index in [2.05, 4.69) is 10.6 Å². The summed E-state index contributed by atoms with van der Waals surface area (Å²) in [6.07, 6.45) is 1.39. The fraction of sp³-hybridized carbons (Fsp3) is 0.105. The van der Waals surface area contributed by atoms with Gasteiger partial charge in [0.15, 0.2) is 16.6 Å². The van der Waals surface area contributed by atoms with Gasteiger partial charge < -0.3 is 9.47 Å². The summed E-state index contributed by atoms with van der Waals surface area (Å²) >= 11 is 17.1. The van der Waals surface area contributed by atoms with E-state index in [0.29, 0.717) is 22.1 Å². The minimum absolute atomic E-state index is 0.0347. The third-order valence-electron chi connectivity index (χ3n) is 3.78. The Kier molecular flexibility index (Phi) is 6.18. The van der Waals surface area contributed by atoms with Crippen LogP contribution < -0.4 is 20.1 Å². The smallest absolute Gasteiger partial charge is 0.263 e. The Morgan fingerprint density at radius 3 is 2.46 bits per heavy atom. The quantitative estimate of drug-likeness (QED) is 0.426. The maximum atomic E-state index is 12.0. The molecule has 1 fully saturated rings. The zero-order valence-corrected chi connectivity index (χ0v) is 16.9. The third-order valence-corrected chi connectivity index (χ3v) is 4.50. The zero-order chi connectivity index (χ0) is 20.3. The highest BCUT2D eigenvalue weighted by Gasteiger charge is 2.26. The predicted octanol–water partition coefficient (Wildman–Crippen LogP) is 3.50. The lowest BCUT2D eigenvalue weighted by atomic mass is 10.1. The third kappa shape index (κ3) is 4.62. The SMILES string of the molecule is COc1cc(C=C2C(=O)NC(=S)NC2=O)cc(Cl)c1OCc1cccc(Cl)c1. The molecule has 1 saturated heterocycles. The molecule has 144 valence electrons. The van der Waals surface area contributed by atoms with Crippen LogP contribution in [0.4, 0.5) is 0 Å². The molecule has 0 atom stereocenters. The van der Waals surface area contributed by atoms with E-state index in [-0.39, 0.29) is 22.3 Å². The maximum Gasteiger partial charge on any atom is 0.263 e. The Hall–Kier alpha value is -2.61. The van der Waals surface area contributed by atoms with E-state index in [0.717, 1.165) is 5.56 Å². The molecule has 1 heterocycles. The van der Waals surface area contributed by atoms with Crippen LogP contribution in [0.25, 0.3) is 6.08 Å². The van der Waals surface area contributed by atoms with Gasteiger partial charge in [0.2, 0.25) is 0 Å². The van der Waals surface area contributed by atoms with Gasteiger partial charge in [-0.05, 0) is 53.7 Å². The molecule has 2 amide bonds. The first-order chi connectivity index (χ1) is 13.4. The molecule has 1 aliphatic rings. The predicted molar refractivity (Wildman–Crippen MR) is 111 cm³/mol. The summed E-state index contributed by atoms with van der Waals surface area (Å²) < 4.78 is 11.1. The van der Waals surface area contributed by atoms with Gasteiger partial charge in [0.1, 0.15) is 12.2 Å². The van der Waals surface area contributed by atoms with Gasteiger partial charge in [-0.25, -0.2) is 0 Å². The number of carbonyl (C=O) groups excluding carboxylic acids is 2. The van der Waals surface area contributed by atoms with Crippen molar-refractivity contribution in [2.24, 2.45) is 0 Å². The second kappa shape index (κ2) is 8.60. The first-order valence-electron chi connectivity index (χ1n) is 8.00. The molecular weight excluding hydrogens is 423 g/mol. The molecule has 0 aromatic heterocycles. The fourth-order valence-electron chi connectivity index (χ4n) is 2.52. The van der Waals surface area contributed by atoms with Crippen molar-refractivity contribution in [2.75, 3.05) is 7.11 Å². The molecule has 9 heteroatoms. The van der Waals surface area contributed by atoms with Crippen molar-refractivity contribution in [3.63, 3.8) is 0 Å². The normalized spacial score (nSPS) is 13.7. The summed E-state index contributed by atoms with van der Waals surface area (Å²) in [5, 5.41) is 5.57. The van der Waals surface area contributed by atoms with Crippen LogP contribution in [0.3, 0.4) is 0 Å². The molecule has 2 aromatic carbocycles. The molecule has 2 N–H and O–H groups in total. The number of methoxy groups -OCH3 is 1. The summed E-state index contributed by atoms with van der Waals surface area (Å²) in [6, 6.07) is 10.4. The van der Waals surface area contributed by atoms with E-state index in [1.54, 1.807) is 24.3 Å². The molecule has 28 heavy (non-hydrogen) atoms. The average Bonchev–Trinajstić information content (AvgIpc) is 2.63. The molecule has 1 aliphatic heterocycles. The van der Waals surface area contributed by atoms with Crippen molar-refractivity contribution in [3.05, 3.63) is 63.1 Å². The van der Waals surface area contributed by atoms with E-state index in [9.17, 15) is 9.59 Å². The number of amides is 2. The Morgan fingerprint density at radius 1 is 1.11 bits per heavy atom. The second-order valence-corrected chi connectivity index (χ2v) is 7.00. The topological polar surface area (TPSA) is 76.7 Å². The zero-order valence-electron chi connectivity index (χ0n) is 14.5. The molecule has 2 aromatic rings. The van der Waals surface area contributed by atoms with Gasteiger partial charge in [-0.15, -0.1) is 0 Å². The van der Waals surface area contributed by atoms with Crippen molar-refractivity contribution in [1.29, 1.82) is 0 Å². The lowest BCUT2D eigenvalue weighted by Gasteiger charge is -2.17. The van der Waals surface area contributed by atoms with E-state index >= 15 is 0 Å². The Labute approximate surface area is 176 Å². The number of rotatable bonds is 5. The number of nitrogens with one attached hydrogen (secondary N) is 2. The average molecular weight is 437 g/mol. The minimum Gasteiger partial charge on any atom is -0.493 e. The highest BCUT2D eigenvalue weighted by molar-refractivity contribution is 7.80. The van der Waals surface area contributed by atoms with Crippen molar-refractivity contribution >= 4 is 58.4 Å². The number of ether oxygens (including phenoxy) is 2. The largest absolute Gasteiger partial charge is 0.493 e. The van der Waals surface area contributed by atoms with Crippen molar-refractivity contribution < 1.29 is 19.1 Å². The van der Waals surface area contributed by atoms with Gasteiger partial charge in [-0.3, -0.25) is 20.2 Å². The molecule has 0 unspecified atom stereocenters. The molecule has 0 saturated carbocycles. The molecule has 0 aliphatic carbocycles. The highest BCUT2D eigenvalue weighted by atomic mass is 35.5. The van der Waals surface area contributed by atoms with E-state index in [4.69, 9.17) is 44.9 Å². The van der Waals surface area contributed by atoms with Crippen LogP contribution in [0.2, 0.25) is 10.0 Å². The molecular formula is C19H14Cl2N2O4S. The number of halogens is 2. The number of carbonyl (C=O) groups is 2. The van der Waals surface area contributed by atoms with Gasteiger partial charge in [0, 0.05) is 5.02 Å². The van der Waals surface area contributed by atoms with Crippen LogP contribution in [0.5, 0.6) is 11.5 Å². The monoisotopic (exact) mass is 436 g/mol. The second-order valence-electron chi connectivity index (χ2n) is 5.75. The van der Waals surface area contributed by atoms with Gasteiger partial charge in [0.25, 0.3) is 11.8 Å². The van der Waals surface area contributed by atoms with E-state index < -0.39 is 11.8 Å². The molecule has 0 spiro atoms. The van der Waals surface area contributed by atoms with Crippen molar-refractivity contribution in [2.45, 2.75) is 6.61 Å². The van der Waals surface area contributed by atoms with Gasteiger partial charge in [-0.2, -0.15) is 0 Å². The van der Waals surface area contributed by atoms with Crippen molar-refractivity contribution in [1.82, 2.24) is 10.6 Å². The summed E-state index contributed by atoms with van der Waals surface area (Å²) in [4.78, 5) is 24.0. The fourth-order valence-corrected chi connectivity index (χ4v) is 3.19. The molecule has 6 nitrogen and oxygen atoms in total. The molecule has 0 radical (unpaired) electrons. The van der Waals surface area contributed by atoms with E-state index in [1.807, 2.05) is 12.1 Å². The highest BCUT2D eigenvalue weighted by Crippen LogP contribution is 2.37. The number of hydrogen-bond acceptors (Lipinski definition) is 5. The minimum atomic E-state index is -0.592. The van der Waals surface area contributed by atoms with Crippen molar-refractivity contribution in [3.8, 4) is 11.5 Å². The Bertz CT molecular complexity index is 985. The summed E-state index contributed by atoms with van der Waals surface area (Å²) in [6.45, 7) is 0.235. The summed E-state index contributed by atoms with van der Waals surface area (Å²) in [5.74, 6) is -0.492. The molecule has 3 rings (SSSR count). The van der Waals surface area contributed by atoms with Crippen LogP contribution in [0, 0.1) is 0 Å². The summed E-state index contributed by atoms with van der Waals surface area (Å²) in [5.41, 5.74) is 1.26. The van der Waals surface area contributed by atoms with E-state index in [1.165, 1.54) is 13.2 Å². The number of benzene rings is 2.